The van der Waals surface area contributed by atoms with E-state index >= 15 is 0 Å². The number of anilines is 1. The second kappa shape index (κ2) is 7.60. The van der Waals surface area contributed by atoms with Gasteiger partial charge >= 0.3 is 5.97 Å². The smallest absolute Gasteiger partial charge is 0.312 e. The molecule has 0 aromatic heterocycles. The fraction of sp³-hybridized carbons (Fsp3) is 0.182. The largest absolute Gasteiger partial charge is 0.497 e. The van der Waals surface area contributed by atoms with Crippen LogP contribution < -0.4 is 19.1 Å². The molecule has 3 aromatic rings. The number of amides is 1. The Kier molecular flexibility index (Phi) is 4.85. The van der Waals surface area contributed by atoms with E-state index in [-0.39, 0.29) is 25.5 Å². The van der Waals surface area contributed by atoms with E-state index < -0.39 is 5.97 Å². The summed E-state index contributed by atoms with van der Waals surface area (Å²) in [7, 11) is 1.61. The highest BCUT2D eigenvalue weighted by atomic mass is 16.5. The maximum Gasteiger partial charge on any atom is 0.312 e. The molecule has 1 aliphatic heterocycles. The lowest BCUT2D eigenvalue weighted by Gasteiger charge is -2.28. The quantitative estimate of drug-likeness (QED) is 0.502. The maximum absolute atomic E-state index is 12.3. The van der Waals surface area contributed by atoms with Crippen molar-refractivity contribution in [1.29, 1.82) is 0 Å². The molecular weight excluding hydrogens is 358 g/mol. The van der Waals surface area contributed by atoms with Crippen molar-refractivity contribution in [3.63, 3.8) is 0 Å². The van der Waals surface area contributed by atoms with Crippen molar-refractivity contribution in [2.75, 3.05) is 25.2 Å². The summed E-state index contributed by atoms with van der Waals surface area (Å²) in [5.41, 5.74) is 0.671. The molecule has 28 heavy (non-hydrogen) atoms. The molecule has 0 saturated carbocycles. The van der Waals surface area contributed by atoms with E-state index in [0.29, 0.717) is 17.2 Å². The molecule has 4 rings (SSSR count). The zero-order valence-electron chi connectivity index (χ0n) is 15.4. The first kappa shape index (κ1) is 17.9. The van der Waals surface area contributed by atoms with Crippen LogP contribution in [0.1, 0.15) is 6.42 Å². The number of carbonyl (C=O) groups excluding carboxylic acids is 2. The first-order valence-electron chi connectivity index (χ1n) is 8.95. The number of benzene rings is 3. The summed E-state index contributed by atoms with van der Waals surface area (Å²) in [5.74, 6) is 1.25. The number of esters is 1. The van der Waals surface area contributed by atoms with Gasteiger partial charge in [0.15, 0.2) is 6.61 Å². The lowest BCUT2D eigenvalue weighted by Crippen LogP contribution is -2.40. The van der Waals surface area contributed by atoms with Crippen molar-refractivity contribution in [2.45, 2.75) is 6.42 Å². The van der Waals surface area contributed by atoms with Crippen LogP contribution in [-0.4, -0.2) is 32.1 Å². The standard InChI is InChI=1S/C22H19NO5/c1-26-17-8-6-15-7-9-18(13-16(15)12-17)28-22(25)10-11-23-19-4-2-3-5-20(19)27-14-21(23)24/h2-9,12-13H,10-11,14H2,1H3. The Bertz CT molecular complexity index is 1050. The molecule has 1 heterocycles. The predicted molar refractivity (Wildman–Crippen MR) is 105 cm³/mol. The van der Waals surface area contributed by atoms with Gasteiger partial charge in [0.1, 0.15) is 17.2 Å². The molecule has 1 amide bonds. The van der Waals surface area contributed by atoms with Gasteiger partial charge in [-0.25, -0.2) is 0 Å². The van der Waals surface area contributed by atoms with Gasteiger partial charge in [-0.15, -0.1) is 0 Å². The van der Waals surface area contributed by atoms with Gasteiger partial charge in [0.25, 0.3) is 5.91 Å². The molecule has 1 aliphatic rings. The molecule has 0 atom stereocenters. The van der Waals surface area contributed by atoms with Gasteiger partial charge in [-0.3, -0.25) is 9.59 Å². The number of hydrogen-bond acceptors (Lipinski definition) is 5. The number of carbonyl (C=O) groups is 2. The van der Waals surface area contributed by atoms with Crippen LogP contribution in [0.3, 0.4) is 0 Å². The third-order valence-corrected chi connectivity index (χ3v) is 4.60. The molecule has 0 fully saturated rings. The first-order valence-corrected chi connectivity index (χ1v) is 8.95. The van der Waals surface area contributed by atoms with E-state index in [1.807, 2.05) is 36.4 Å². The van der Waals surface area contributed by atoms with Crippen LogP contribution in [0.2, 0.25) is 0 Å². The Morgan fingerprint density at radius 1 is 1.04 bits per heavy atom. The van der Waals surface area contributed by atoms with Crippen molar-refractivity contribution in [3.05, 3.63) is 60.7 Å². The van der Waals surface area contributed by atoms with E-state index in [1.54, 1.807) is 36.3 Å². The minimum absolute atomic E-state index is 0.0292. The van der Waals surface area contributed by atoms with Crippen LogP contribution in [0.5, 0.6) is 17.2 Å². The summed E-state index contributed by atoms with van der Waals surface area (Å²) in [4.78, 5) is 26.0. The van der Waals surface area contributed by atoms with Gasteiger partial charge in [-0.1, -0.05) is 24.3 Å². The maximum atomic E-state index is 12.3. The molecule has 3 aromatic carbocycles. The Balaban J connectivity index is 1.43. The van der Waals surface area contributed by atoms with E-state index in [9.17, 15) is 9.59 Å². The van der Waals surface area contributed by atoms with Crippen LogP contribution in [0.15, 0.2) is 60.7 Å². The fourth-order valence-electron chi connectivity index (χ4n) is 3.18. The number of rotatable bonds is 5. The van der Waals surface area contributed by atoms with E-state index in [2.05, 4.69) is 0 Å². The number of fused-ring (bicyclic) bond motifs is 2. The van der Waals surface area contributed by atoms with Gasteiger partial charge in [-0.2, -0.15) is 0 Å². The van der Waals surface area contributed by atoms with Crippen molar-refractivity contribution in [1.82, 2.24) is 0 Å². The molecule has 0 spiro atoms. The molecule has 0 bridgehead atoms. The predicted octanol–water partition coefficient (Wildman–Crippen LogP) is 3.57. The Hall–Kier alpha value is -3.54. The van der Waals surface area contributed by atoms with Gasteiger partial charge in [-0.05, 0) is 47.2 Å². The lowest BCUT2D eigenvalue weighted by atomic mass is 10.1. The van der Waals surface area contributed by atoms with Gasteiger partial charge in [0, 0.05) is 6.54 Å². The van der Waals surface area contributed by atoms with Gasteiger partial charge in [0.2, 0.25) is 0 Å². The summed E-state index contributed by atoms with van der Waals surface area (Å²) >= 11 is 0. The lowest BCUT2D eigenvalue weighted by molar-refractivity contribution is -0.134. The molecular formula is C22H19NO5. The summed E-state index contributed by atoms with van der Waals surface area (Å²) < 4.78 is 16.1. The molecule has 142 valence electrons. The highest BCUT2D eigenvalue weighted by molar-refractivity contribution is 5.98. The zero-order valence-corrected chi connectivity index (χ0v) is 15.4. The summed E-state index contributed by atoms with van der Waals surface area (Å²) in [6.07, 6.45) is 0.0796. The Morgan fingerprint density at radius 2 is 1.79 bits per heavy atom. The highest BCUT2D eigenvalue weighted by Gasteiger charge is 2.25. The minimum Gasteiger partial charge on any atom is -0.497 e. The van der Waals surface area contributed by atoms with E-state index in [1.165, 1.54) is 0 Å². The number of ether oxygens (including phenoxy) is 3. The average Bonchev–Trinajstić information content (AvgIpc) is 2.72. The Morgan fingerprint density at radius 3 is 2.61 bits per heavy atom. The van der Waals surface area contributed by atoms with Crippen LogP contribution in [-0.2, 0) is 9.59 Å². The molecule has 0 aliphatic carbocycles. The SMILES string of the molecule is COc1ccc2ccc(OC(=O)CCN3C(=O)COc4ccccc43)cc2c1. The number of nitrogens with zero attached hydrogens (tertiary/aromatic N) is 1. The number of para-hydroxylation sites is 2. The molecule has 0 N–H and O–H groups in total. The zero-order chi connectivity index (χ0) is 19.5. The van der Waals surface area contributed by atoms with E-state index in [4.69, 9.17) is 14.2 Å². The van der Waals surface area contributed by atoms with Crippen LogP contribution in [0, 0.1) is 0 Å². The topological polar surface area (TPSA) is 65.1 Å². The fourth-order valence-corrected chi connectivity index (χ4v) is 3.18. The second-order valence-electron chi connectivity index (χ2n) is 6.40. The number of hydrogen-bond donors (Lipinski definition) is 0. The minimum atomic E-state index is -0.404. The highest BCUT2D eigenvalue weighted by Crippen LogP contribution is 2.31. The van der Waals surface area contributed by atoms with Crippen LogP contribution in [0.25, 0.3) is 10.8 Å². The Labute approximate surface area is 162 Å². The molecule has 0 radical (unpaired) electrons. The monoisotopic (exact) mass is 377 g/mol. The molecule has 0 unspecified atom stereocenters. The summed E-state index contributed by atoms with van der Waals surface area (Å²) in [5, 5.41) is 1.94. The first-order chi connectivity index (χ1) is 13.6. The molecule has 6 heteroatoms. The van der Waals surface area contributed by atoms with Gasteiger partial charge in [0.05, 0.1) is 19.2 Å². The normalized spacial score (nSPS) is 13.0. The van der Waals surface area contributed by atoms with Crippen molar-refractivity contribution in [2.24, 2.45) is 0 Å². The molecule has 0 saturated heterocycles. The summed E-state index contributed by atoms with van der Waals surface area (Å²) in [6, 6.07) is 18.4. The van der Waals surface area contributed by atoms with E-state index in [0.717, 1.165) is 16.5 Å². The van der Waals surface area contributed by atoms with Crippen molar-refractivity contribution >= 4 is 28.3 Å². The van der Waals surface area contributed by atoms with Crippen molar-refractivity contribution < 1.29 is 23.8 Å². The summed E-state index contributed by atoms with van der Waals surface area (Å²) in [6.45, 7) is 0.206. The third-order valence-electron chi connectivity index (χ3n) is 4.60. The van der Waals surface area contributed by atoms with Crippen LogP contribution >= 0.6 is 0 Å². The van der Waals surface area contributed by atoms with Crippen LogP contribution in [0.4, 0.5) is 5.69 Å². The second-order valence-corrected chi connectivity index (χ2v) is 6.40. The van der Waals surface area contributed by atoms with Gasteiger partial charge < -0.3 is 19.1 Å². The molecule has 6 nitrogen and oxygen atoms in total. The average molecular weight is 377 g/mol. The number of methoxy groups -OCH3 is 1. The third kappa shape index (κ3) is 3.62. The van der Waals surface area contributed by atoms with Crippen molar-refractivity contribution in [3.8, 4) is 17.2 Å².